The fraction of sp³-hybridized carbons (Fsp3) is 0.0714. The number of halogens is 1. The lowest BCUT2D eigenvalue weighted by molar-refractivity contribution is 0.958. The number of pyridine rings is 1. The predicted octanol–water partition coefficient (Wildman–Crippen LogP) is 3.26. The highest BCUT2D eigenvalue weighted by Crippen LogP contribution is 2.26. The van der Waals surface area contributed by atoms with Crippen LogP contribution < -0.4 is 0 Å². The molecule has 18 heavy (non-hydrogen) atoms. The van der Waals surface area contributed by atoms with Crippen LogP contribution in [-0.4, -0.2) is 4.98 Å². The summed E-state index contributed by atoms with van der Waals surface area (Å²) in [6.45, 7) is 0. The molecular weight excluding hydrogens is 246 g/mol. The Kier molecular flexibility index (Phi) is 3.57. The number of nitrogens with zero attached hydrogens (tertiary/aromatic N) is 3. The molecule has 1 unspecified atom stereocenters. The molecule has 0 aliphatic rings. The minimum absolute atomic E-state index is 0.278. The van der Waals surface area contributed by atoms with Gasteiger partial charge in [0.25, 0.3) is 0 Å². The third-order valence-electron chi connectivity index (χ3n) is 2.55. The van der Waals surface area contributed by atoms with Crippen molar-refractivity contribution < 1.29 is 0 Å². The van der Waals surface area contributed by atoms with E-state index >= 15 is 0 Å². The summed E-state index contributed by atoms with van der Waals surface area (Å²) < 4.78 is 0. The molecule has 0 bridgehead atoms. The molecule has 2 rings (SSSR count). The topological polar surface area (TPSA) is 60.5 Å². The Morgan fingerprint density at radius 1 is 1.06 bits per heavy atom. The maximum atomic E-state index is 9.30. The van der Waals surface area contributed by atoms with Gasteiger partial charge in [-0.15, -0.1) is 0 Å². The molecule has 1 aromatic heterocycles. The summed E-state index contributed by atoms with van der Waals surface area (Å²) in [4.78, 5) is 4.11. The molecule has 0 aliphatic carbocycles. The normalized spacial score (nSPS) is 11.3. The first-order valence-electron chi connectivity index (χ1n) is 5.27. The van der Waals surface area contributed by atoms with Crippen LogP contribution in [0.15, 0.2) is 42.5 Å². The third-order valence-corrected chi connectivity index (χ3v) is 2.76. The van der Waals surface area contributed by atoms with Crippen molar-refractivity contribution in [3.63, 3.8) is 0 Å². The van der Waals surface area contributed by atoms with Crippen LogP contribution in [-0.2, 0) is 0 Å². The van der Waals surface area contributed by atoms with Crippen LogP contribution in [0.1, 0.15) is 22.7 Å². The molecular formula is C14H8ClN3. The third kappa shape index (κ3) is 2.32. The van der Waals surface area contributed by atoms with Gasteiger partial charge in [-0.25, -0.2) is 4.98 Å². The molecule has 0 amide bonds. The molecule has 0 N–H and O–H groups in total. The lowest BCUT2D eigenvalue weighted by Gasteiger charge is -2.10. The highest BCUT2D eigenvalue weighted by Gasteiger charge is 2.19. The molecule has 0 radical (unpaired) electrons. The Bertz CT molecular complexity index is 638. The predicted molar refractivity (Wildman–Crippen MR) is 67.9 cm³/mol. The molecule has 0 saturated heterocycles. The van der Waals surface area contributed by atoms with Gasteiger partial charge in [0.2, 0.25) is 0 Å². The smallest absolute Gasteiger partial charge is 0.129 e. The zero-order valence-corrected chi connectivity index (χ0v) is 10.1. The van der Waals surface area contributed by atoms with Crippen molar-refractivity contribution >= 4 is 11.6 Å². The zero-order valence-electron chi connectivity index (χ0n) is 9.34. The van der Waals surface area contributed by atoms with Gasteiger partial charge >= 0.3 is 0 Å². The van der Waals surface area contributed by atoms with Crippen LogP contribution >= 0.6 is 11.6 Å². The lowest BCUT2D eigenvalue weighted by atomic mass is 9.94. The van der Waals surface area contributed by atoms with Gasteiger partial charge in [-0.1, -0.05) is 41.9 Å². The van der Waals surface area contributed by atoms with E-state index in [9.17, 15) is 5.26 Å². The van der Waals surface area contributed by atoms with Crippen LogP contribution in [0.3, 0.4) is 0 Å². The molecule has 0 aliphatic heterocycles. The van der Waals surface area contributed by atoms with Crippen LogP contribution in [0.2, 0.25) is 5.15 Å². The Morgan fingerprint density at radius 2 is 1.78 bits per heavy atom. The fourth-order valence-corrected chi connectivity index (χ4v) is 1.86. The molecule has 0 spiro atoms. The van der Waals surface area contributed by atoms with E-state index in [-0.39, 0.29) is 5.15 Å². The number of hydrogen-bond donors (Lipinski definition) is 0. The second kappa shape index (κ2) is 5.31. The second-order valence-corrected chi connectivity index (χ2v) is 4.04. The summed E-state index contributed by atoms with van der Waals surface area (Å²) in [7, 11) is 0. The molecule has 1 atom stereocenters. The Morgan fingerprint density at radius 3 is 2.39 bits per heavy atom. The zero-order chi connectivity index (χ0) is 13.0. The van der Waals surface area contributed by atoms with Gasteiger partial charge in [0.15, 0.2) is 0 Å². The average molecular weight is 254 g/mol. The van der Waals surface area contributed by atoms with E-state index < -0.39 is 5.92 Å². The largest absolute Gasteiger partial charge is 0.238 e. The van der Waals surface area contributed by atoms with E-state index in [4.69, 9.17) is 16.9 Å². The van der Waals surface area contributed by atoms with Crippen molar-refractivity contribution in [3.05, 3.63) is 64.4 Å². The summed E-state index contributed by atoms with van der Waals surface area (Å²) in [5.74, 6) is -0.584. The maximum Gasteiger partial charge on any atom is 0.129 e. The lowest BCUT2D eigenvalue weighted by Crippen LogP contribution is -2.04. The van der Waals surface area contributed by atoms with Crippen molar-refractivity contribution in [1.82, 2.24) is 4.98 Å². The standard InChI is InChI=1S/C14H8ClN3/c15-13-7-6-11(8-16)14(18-13)12(9-17)10-4-2-1-3-5-10/h1-7,12H. The molecule has 4 heteroatoms. The summed E-state index contributed by atoms with van der Waals surface area (Å²) in [6, 6.07) is 16.5. The highest BCUT2D eigenvalue weighted by atomic mass is 35.5. The number of aromatic nitrogens is 1. The minimum Gasteiger partial charge on any atom is -0.238 e. The van der Waals surface area contributed by atoms with Crippen molar-refractivity contribution in [2.45, 2.75) is 5.92 Å². The van der Waals surface area contributed by atoms with E-state index in [1.54, 1.807) is 12.1 Å². The van der Waals surface area contributed by atoms with Crippen molar-refractivity contribution in [3.8, 4) is 12.1 Å². The van der Waals surface area contributed by atoms with Gasteiger partial charge in [-0.3, -0.25) is 0 Å². The Hall–Kier alpha value is -2.36. The molecule has 0 fully saturated rings. The minimum atomic E-state index is -0.584. The van der Waals surface area contributed by atoms with Gasteiger partial charge in [0.05, 0.1) is 17.3 Å². The van der Waals surface area contributed by atoms with Gasteiger partial charge in [-0.2, -0.15) is 10.5 Å². The number of rotatable bonds is 2. The van der Waals surface area contributed by atoms with Crippen LogP contribution in [0.25, 0.3) is 0 Å². The molecule has 86 valence electrons. The number of hydrogen-bond acceptors (Lipinski definition) is 3. The second-order valence-electron chi connectivity index (χ2n) is 3.65. The SMILES string of the molecule is N#Cc1ccc(Cl)nc1C(C#N)c1ccccc1. The first-order chi connectivity index (χ1) is 8.76. The summed E-state index contributed by atoms with van der Waals surface area (Å²) in [6.07, 6.45) is 0. The quantitative estimate of drug-likeness (QED) is 0.772. The fourth-order valence-electron chi connectivity index (χ4n) is 1.70. The summed E-state index contributed by atoms with van der Waals surface area (Å²) in [5.41, 5.74) is 1.57. The first-order valence-corrected chi connectivity index (χ1v) is 5.65. The molecule has 1 aromatic carbocycles. The van der Waals surface area contributed by atoms with E-state index in [0.717, 1.165) is 5.56 Å². The maximum absolute atomic E-state index is 9.30. The van der Waals surface area contributed by atoms with Crippen molar-refractivity contribution in [2.24, 2.45) is 0 Å². The Balaban J connectivity index is 2.57. The van der Waals surface area contributed by atoms with E-state index in [1.807, 2.05) is 36.4 Å². The van der Waals surface area contributed by atoms with Gasteiger partial charge in [-0.05, 0) is 17.7 Å². The van der Waals surface area contributed by atoms with Crippen LogP contribution in [0.5, 0.6) is 0 Å². The van der Waals surface area contributed by atoms with Gasteiger partial charge in [0, 0.05) is 0 Å². The number of benzene rings is 1. The van der Waals surface area contributed by atoms with Crippen LogP contribution in [0.4, 0.5) is 0 Å². The van der Waals surface area contributed by atoms with Gasteiger partial charge in [0.1, 0.15) is 17.1 Å². The highest BCUT2D eigenvalue weighted by molar-refractivity contribution is 6.29. The van der Waals surface area contributed by atoms with E-state index in [2.05, 4.69) is 11.1 Å². The number of nitriles is 2. The molecule has 0 saturated carbocycles. The van der Waals surface area contributed by atoms with Crippen LogP contribution in [0, 0.1) is 22.7 Å². The molecule has 2 aromatic rings. The summed E-state index contributed by atoms with van der Waals surface area (Å²) >= 11 is 5.83. The van der Waals surface area contributed by atoms with E-state index in [1.165, 1.54) is 0 Å². The Labute approximate surface area is 110 Å². The molecule has 3 nitrogen and oxygen atoms in total. The van der Waals surface area contributed by atoms with E-state index in [0.29, 0.717) is 11.3 Å². The van der Waals surface area contributed by atoms with Crippen molar-refractivity contribution in [2.75, 3.05) is 0 Å². The van der Waals surface area contributed by atoms with Gasteiger partial charge < -0.3 is 0 Å². The summed E-state index contributed by atoms with van der Waals surface area (Å²) in [5, 5.41) is 18.6. The monoisotopic (exact) mass is 253 g/mol. The van der Waals surface area contributed by atoms with Crippen molar-refractivity contribution in [1.29, 1.82) is 10.5 Å². The first kappa shape index (κ1) is 12.1. The average Bonchev–Trinajstić information content (AvgIpc) is 2.41. The molecule has 1 heterocycles.